The van der Waals surface area contributed by atoms with Crippen LogP contribution in [0.1, 0.15) is 24.8 Å². The van der Waals surface area contributed by atoms with Crippen molar-refractivity contribution >= 4 is 21.9 Å². The first-order chi connectivity index (χ1) is 9.50. The van der Waals surface area contributed by atoms with E-state index in [2.05, 4.69) is 21.2 Å². The predicted molar refractivity (Wildman–Crippen MR) is 74.2 cm³/mol. The molecule has 6 heteroatoms. The van der Waals surface area contributed by atoms with Gasteiger partial charge in [-0.15, -0.1) is 0 Å². The quantitative estimate of drug-likeness (QED) is 0.803. The van der Waals surface area contributed by atoms with Crippen LogP contribution < -0.4 is 5.32 Å². The Balaban J connectivity index is 1.93. The van der Waals surface area contributed by atoms with Gasteiger partial charge in [0.15, 0.2) is 0 Å². The molecule has 0 aromatic heterocycles. The Bertz CT molecular complexity index is 510. The molecule has 0 aliphatic heterocycles. The maximum absolute atomic E-state index is 13.7. The highest BCUT2D eigenvalue weighted by molar-refractivity contribution is 9.10. The van der Waals surface area contributed by atoms with Gasteiger partial charge in [-0.3, -0.25) is 4.79 Å². The highest BCUT2D eigenvalue weighted by atomic mass is 79.9. The van der Waals surface area contributed by atoms with Gasteiger partial charge in [0.1, 0.15) is 11.6 Å². The van der Waals surface area contributed by atoms with Gasteiger partial charge in [-0.05, 0) is 53.4 Å². The van der Waals surface area contributed by atoms with E-state index in [0.717, 1.165) is 12.8 Å². The molecule has 0 bridgehead atoms. The van der Waals surface area contributed by atoms with Crippen LogP contribution in [-0.2, 0) is 11.3 Å². The summed E-state index contributed by atoms with van der Waals surface area (Å²) in [7, 11) is 0. The molecule has 0 heterocycles. The largest absolute Gasteiger partial charge is 0.481 e. The average molecular weight is 348 g/mol. The summed E-state index contributed by atoms with van der Waals surface area (Å²) < 4.78 is 27.5. The van der Waals surface area contributed by atoms with E-state index >= 15 is 0 Å². The summed E-state index contributed by atoms with van der Waals surface area (Å²) in [5.74, 6) is -2.31. The van der Waals surface area contributed by atoms with Crippen LogP contribution in [0, 0.1) is 23.5 Å². The maximum Gasteiger partial charge on any atom is 0.306 e. The summed E-state index contributed by atoms with van der Waals surface area (Å²) in [6, 6.07) is 2.53. The van der Waals surface area contributed by atoms with Gasteiger partial charge in [0.05, 0.1) is 10.4 Å². The van der Waals surface area contributed by atoms with Crippen molar-refractivity contribution in [1.29, 1.82) is 0 Å². The number of hydrogen-bond acceptors (Lipinski definition) is 2. The number of carboxylic acids is 1. The monoisotopic (exact) mass is 347 g/mol. The van der Waals surface area contributed by atoms with Crippen LogP contribution in [0.25, 0.3) is 0 Å². The molecule has 2 atom stereocenters. The Hall–Kier alpha value is -1.01. The number of hydrogen-bond donors (Lipinski definition) is 2. The van der Waals surface area contributed by atoms with Gasteiger partial charge in [0, 0.05) is 12.1 Å². The molecule has 0 amide bonds. The minimum absolute atomic E-state index is 0.0238. The van der Waals surface area contributed by atoms with Crippen molar-refractivity contribution in [3.8, 4) is 0 Å². The van der Waals surface area contributed by atoms with Crippen LogP contribution in [0.15, 0.2) is 16.6 Å². The molecule has 3 nitrogen and oxygen atoms in total. The molecule has 2 N–H and O–H groups in total. The molecule has 1 aromatic carbocycles. The summed E-state index contributed by atoms with van der Waals surface area (Å²) in [5, 5.41) is 12.0. The molecule has 0 saturated heterocycles. The highest BCUT2D eigenvalue weighted by Gasteiger charge is 2.32. The zero-order chi connectivity index (χ0) is 14.7. The average Bonchev–Trinajstić information content (AvgIpc) is 2.87. The summed E-state index contributed by atoms with van der Waals surface area (Å²) in [6.07, 6.45) is 2.41. The number of halogens is 3. The lowest BCUT2D eigenvalue weighted by Crippen LogP contribution is -2.29. The van der Waals surface area contributed by atoms with Crippen molar-refractivity contribution in [2.45, 2.75) is 25.8 Å². The normalized spacial score (nSPS) is 22.1. The summed E-state index contributed by atoms with van der Waals surface area (Å²) in [6.45, 7) is 0.516. The van der Waals surface area contributed by atoms with E-state index in [9.17, 15) is 13.6 Å². The molecule has 2 unspecified atom stereocenters. The lowest BCUT2D eigenvalue weighted by atomic mass is 9.96. The Kier molecular flexibility index (Phi) is 5.10. The Morgan fingerprint density at radius 3 is 2.85 bits per heavy atom. The van der Waals surface area contributed by atoms with Gasteiger partial charge in [0.25, 0.3) is 0 Å². The zero-order valence-corrected chi connectivity index (χ0v) is 12.4. The highest BCUT2D eigenvalue weighted by Crippen LogP contribution is 2.31. The zero-order valence-electron chi connectivity index (χ0n) is 10.8. The first kappa shape index (κ1) is 15.4. The SMILES string of the molecule is O=C(O)C1CCCC1CNCc1c(F)ccc(Br)c1F. The van der Waals surface area contributed by atoms with Crippen molar-refractivity contribution in [1.82, 2.24) is 5.32 Å². The van der Waals surface area contributed by atoms with Crippen molar-refractivity contribution in [2.24, 2.45) is 11.8 Å². The molecule has 1 aliphatic carbocycles. The van der Waals surface area contributed by atoms with E-state index in [-0.39, 0.29) is 28.4 Å². The van der Waals surface area contributed by atoms with Gasteiger partial charge in [-0.1, -0.05) is 6.42 Å². The second kappa shape index (κ2) is 6.63. The van der Waals surface area contributed by atoms with E-state index in [1.165, 1.54) is 12.1 Å². The van der Waals surface area contributed by atoms with E-state index in [1.54, 1.807) is 0 Å². The minimum Gasteiger partial charge on any atom is -0.481 e. The molecule has 20 heavy (non-hydrogen) atoms. The van der Waals surface area contributed by atoms with Gasteiger partial charge < -0.3 is 10.4 Å². The molecule has 0 spiro atoms. The van der Waals surface area contributed by atoms with Gasteiger partial charge in [0.2, 0.25) is 0 Å². The van der Waals surface area contributed by atoms with Gasteiger partial charge >= 0.3 is 5.97 Å². The molecule has 1 fully saturated rings. The summed E-state index contributed by atoms with van der Waals surface area (Å²) in [4.78, 5) is 11.0. The second-order valence-electron chi connectivity index (χ2n) is 5.09. The Morgan fingerprint density at radius 1 is 1.40 bits per heavy atom. The van der Waals surface area contributed by atoms with Crippen LogP contribution in [-0.4, -0.2) is 17.6 Å². The topological polar surface area (TPSA) is 49.3 Å². The molecular formula is C14H16BrF2NO2. The molecule has 1 aliphatic rings. The van der Waals surface area contributed by atoms with E-state index in [1.807, 2.05) is 0 Å². The fourth-order valence-corrected chi connectivity index (χ4v) is 3.09. The number of nitrogens with one attached hydrogen (secondary N) is 1. The Labute approximate surface area is 124 Å². The third-order valence-corrected chi connectivity index (χ3v) is 4.44. The standard InChI is InChI=1S/C14H16BrF2NO2/c15-11-4-5-12(16)10(13(11)17)7-18-6-8-2-1-3-9(8)14(19)20/h4-5,8-9,18H,1-3,6-7H2,(H,19,20). The van der Waals surface area contributed by atoms with Gasteiger partial charge in [-0.25, -0.2) is 8.78 Å². The fourth-order valence-electron chi connectivity index (χ4n) is 2.72. The molecule has 1 aromatic rings. The molecule has 0 radical (unpaired) electrons. The number of aliphatic carboxylic acids is 1. The molecule has 2 rings (SSSR count). The summed E-state index contributed by atoms with van der Waals surface area (Å²) >= 11 is 3.02. The summed E-state index contributed by atoms with van der Waals surface area (Å²) in [5.41, 5.74) is -0.0238. The number of benzene rings is 1. The lowest BCUT2D eigenvalue weighted by molar-refractivity contribution is -0.142. The molecule has 1 saturated carbocycles. The fraction of sp³-hybridized carbons (Fsp3) is 0.500. The van der Waals surface area contributed by atoms with Crippen molar-refractivity contribution in [3.63, 3.8) is 0 Å². The van der Waals surface area contributed by atoms with Crippen LogP contribution >= 0.6 is 15.9 Å². The number of carbonyl (C=O) groups is 1. The van der Waals surface area contributed by atoms with Gasteiger partial charge in [-0.2, -0.15) is 0 Å². The van der Waals surface area contributed by atoms with E-state index in [0.29, 0.717) is 13.0 Å². The van der Waals surface area contributed by atoms with Crippen LogP contribution in [0.3, 0.4) is 0 Å². The van der Waals surface area contributed by atoms with E-state index < -0.39 is 17.6 Å². The third-order valence-electron chi connectivity index (χ3n) is 3.82. The first-order valence-corrected chi connectivity index (χ1v) is 7.36. The van der Waals surface area contributed by atoms with Crippen molar-refractivity contribution < 1.29 is 18.7 Å². The Morgan fingerprint density at radius 2 is 2.15 bits per heavy atom. The van der Waals surface area contributed by atoms with E-state index in [4.69, 9.17) is 5.11 Å². The third kappa shape index (κ3) is 3.35. The van der Waals surface area contributed by atoms with Crippen LogP contribution in [0.4, 0.5) is 8.78 Å². The second-order valence-corrected chi connectivity index (χ2v) is 5.94. The smallest absolute Gasteiger partial charge is 0.306 e. The first-order valence-electron chi connectivity index (χ1n) is 6.56. The lowest BCUT2D eigenvalue weighted by Gasteiger charge is -2.16. The number of carboxylic acid groups (broad SMARTS) is 1. The molecule has 110 valence electrons. The molecular weight excluding hydrogens is 332 g/mol. The van der Waals surface area contributed by atoms with Crippen LogP contribution in [0.5, 0.6) is 0 Å². The predicted octanol–water partition coefficient (Wildman–Crippen LogP) is 3.32. The maximum atomic E-state index is 13.7. The van der Waals surface area contributed by atoms with Crippen molar-refractivity contribution in [3.05, 3.63) is 33.8 Å². The van der Waals surface area contributed by atoms with Crippen molar-refractivity contribution in [2.75, 3.05) is 6.54 Å². The minimum atomic E-state index is -0.783. The van der Waals surface area contributed by atoms with Crippen LogP contribution in [0.2, 0.25) is 0 Å². The number of rotatable bonds is 5.